The highest BCUT2D eigenvalue weighted by atomic mass is 16.5. The first kappa shape index (κ1) is 15.7. The third-order valence-electron chi connectivity index (χ3n) is 2.94. The van der Waals surface area contributed by atoms with Crippen molar-refractivity contribution in [2.75, 3.05) is 6.61 Å². The number of carbonyl (C=O) groups is 1. The molecule has 22 heavy (non-hydrogen) atoms. The minimum absolute atomic E-state index is 0.524. The van der Waals surface area contributed by atoms with Crippen molar-refractivity contribution in [3.63, 3.8) is 0 Å². The number of hydrazone groups is 1. The van der Waals surface area contributed by atoms with Crippen LogP contribution in [0.5, 0.6) is 5.75 Å². The van der Waals surface area contributed by atoms with Crippen LogP contribution >= 0.6 is 0 Å². The molecule has 5 nitrogen and oxygen atoms in total. The zero-order valence-corrected chi connectivity index (χ0v) is 12.3. The van der Waals surface area contributed by atoms with Crippen LogP contribution in [0.1, 0.15) is 24.2 Å². The van der Waals surface area contributed by atoms with Crippen molar-refractivity contribution in [1.82, 2.24) is 5.43 Å². The van der Waals surface area contributed by atoms with Gasteiger partial charge in [0.2, 0.25) is 0 Å². The number of benzene rings is 2. The van der Waals surface area contributed by atoms with Crippen molar-refractivity contribution in [2.45, 2.75) is 13.0 Å². The van der Waals surface area contributed by atoms with E-state index in [-0.39, 0.29) is 0 Å². The predicted molar refractivity (Wildman–Crippen MR) is 84.7 cm³/mol. The Balaban J connectivity index is 1.90. The number of carbonyl (C=O) groups excluding carboxylic acids is 1. The Labute approximate surface area is 129 Å². The van der Waals surface area contributed by atoms with Gasteiger partial charge in [-0.25, -0.2) is 5.43 Å². The predicted octanol–water partition coefficient (Wildman–Crippen LogP) is 2.27. The molecule has 0 bridgehead atoms. The van der Waals surface area contributed by atoms with E-state index in [9.17, 15) is 9.90 Å². The van der Waals surface area contributed by atoms with E-state index in [1.54, 1.807) is 24.3 Å². The second-order valence-electron chi connectivity index (χ2n) is 4.55. The summed E-state index contributed by atoms with van der Waals surface area (Å²) < 4.78 is 5.34. The molecule has 5 heteroatoms. The van der Waals surface area contributed by atoms with Gasteiger partial charge in [-0.2, -0.15) is 5.10 Å². The minimum atomic E-state index is -1.24. The average Bonchev–Trinajstić information content (AvgIpc) is 2.56. The molecule has 1 atom stereocenters. The van der Waals surface area contributed by atoms with E-state index in [0.29, 0.717) is 12.2 Å². The van der Waals surface area contributed by atoms with E-state index in [2.05, 4.69) is 10.5 Å². The van der Waals surface area contributed by atoms with Gasteiger partial charge >= 0.3 is 0 Å². The number of rotatable bonds is 6. The molecule has 0 heterocycles. The lowest BCUT2D eigenvalue weighted by atomic mass is 10.1. The van der Waals surface area contributed by atoms with Gasteiger partial charge in [0.1, 0.15) is 5.75 Å². The van der Waals surface area contributed by atoms with Gasteiger partial charge < -0.3 is 9.84 Å². The zero-order chi connectivity index (χ0) is 15.8. The van der Waals surface area contributed by atoms with Crippen LogP contribution in [-0.2, 0) is 4.79 Å². The van der Waals surface area contributed by atoms with Gasteiger partial charge in [0.25, 0.3) is 5.91 Å². The zero-order valence-electron chi connectivity index (χ0n) is 12.3. The summed E-state index contributed by atoms with van der Waals surface area (Å²) >= 11 is 0. The molecule has 1 unspecified atom stereocenters. The molecule has 2 N–H and O–H groups in total. The molecular formula is C17H18N2O3. The Morgan fingerprint density at radius 1 is 1.23 bits per heavy atom. The van der Waals surface area contributed by atoms with Crippen molar-refractivity contribution >= 4 is 12.1 Å². The molecule has 0 spiro atoms. The quantitative estimate of drug-likeness (QED) is 0.635. The smallest absolute Gasteiger partial charge is 0.273 e. The van der Waals surface area contributed by atoms with E-state index in [4.69, 9.17) is 4.74 Å². The number of aliphatic hydroxyl groups excluding tert-OH is 1. The number of aliphatic hydroxyl groups is 1. The van der Waals surface area contributed by atoms with E-state index >= 15 is 0 Å². The topological polar surface area (TPSA) is 70.9 Å². The second kappa shape index (κ2) is 7.95. The Kier molecular flexibility index (Phi) is 5.68. The number of hydrogen-bond acceptors (Lipinski definition) is 4. The highest BCUT2D eigenvalue weighted by molar-refractivity contribution is 5.85. The molecule has 0 aromatic heterocycles. The van der Waals surface area contributed by atoms with Gasteiger partial charge in [-0.05, 0) is 42.3 Å². The van der Waals surface area contributed by atoms with E-state index in [0.717, 1.165) is 11.3 Å². The Morgan fingerprint density at radius 3 is 2.55 bits per heavy atom. The Hall–Kier alpha value is -2.66. The van der Waals surface area contributed by atoms with Crippen LogP contribution in [0.15, 0.2) is 59.7 Å². The molecule has 0 fully saturated rings. The van der Waals surface area contributed by atoms with Gasteiger partial charge in [0.15, 0.2) is 6.10 Å². The Morgan fingerprint density at radius 2 is 1.91 bits per heavy atom. The molecule has 2 aromatic carbocycles. The second-order valence-corrected chi connectivity index (χ2v) is 4.55. The highest BCUT2D eigenvalue weighted by Crippen LogP contribution is 2.12. The molecule has 0 saturated heterocycles. The number of amides is 1. The molecule has 0 radical (unpaired) electrons. The average molecular weight is 298 g/mol. The van der Waals surface area contributed by atoms with Crippen LogP contribution in [0.3, 0.4) is 0 Å². The maximum Gasteiger partial charge on any atom is 0.273 e. The summed E-state index contributed by atoms with van der Waals surface area (Å²) in [4.78, 5) is 11.8. The van der Waals surface area contributed by atoms with Gasteiger partial charge in [-0.3, -0.25) is 4.79 Å². The molecule has 2 rings (SSSR count). The largest absolute Gasteiger partial charge is 0.494 e. The number of nitrogens with zero attached hydrogens (tertiary/aromatic N) is 1. The van der Waals surface area contributed by atoms with Gasteiger partial charge in [-0.15, -0.1) is 0 Å². The molecule has 0 saturated carbocycles. The van der Waals surface area contributed by atoms with Crippen LogP contribution in [0.2, 0.25) is 0 Å². The van der Waals surface area contributed by atoms with E-state index < -0.39 is 12.0 Å². The number of nitrogens with one attached hydrogen (secondary N) is 1. The third-order valence-corrected chi connectivity index (χ3v) is 2.94. The summed E-state index contributed by atoms with van der Waals surface area (Å²) in [5, 5.41) is 13.7. The fourth-order valence-electron chi connectivity index (χ4n) is 1.84. The van der Waals surface area contributed by atoms with Crippen LogP contribution in [0.25, 0.3) is 0 Å². The first-order valence-electron chi connectivity index (χ1n) is 6.99. The minimum Gasteiger partial charge on any atom is -0.494 e. The van der Waals surface area contributed by atoms with Crippen LogP contribution in [0.4, 0.5) is 0 Å². The molecule has 0 aliphatic rings. The van der Waals surface area contributed by atoms with Gasteiger partial charge in [-0.1, -0.05) is 30.3 Å². The fraction of sp³-hybridized carbons (Fsp3) is 0.176. The van der Waals surface area contributed by atoms with Crippen molar-refractivity contribution in [1.29, 1.82) is 0 Å². The normalized spacial score (nSPS) is 12.1. The van der Waals surface area contributed by atoms with E-state index in [1.807, 2.05) is 37.3 Å². The summed E-state index contributed by atoms with van der Waals surface area (Å²) in [5.74, 6) is 0.205. The summed E-state index contributed by atoms with van der Waals surface area (Å²) in [6.07, 6.45) is 0.268. The number of hydrogen-bond donors (Lipinski definition) is 2. The molecular weight excluding hydrogens is 280 g/mol. The molecule has 0 aliphatic carbocycles. The van der Waals surface area contributed by atoms with Crippen LogP contribution in [-0.4, -0.2) is 23.8 Å². The van der Waals surface area contributed by atoms with Crippen molar-refractivity contribution in [3.8, 4) is 5.75 Å². The maximum atomic E-state index is 11.8. The van der Waals surface area contributed by atoms with Crippen molar-refractivity contribution < 1.29 is 14.6 Å². The molecule has 114 valence electrons. The summed E-state index contributed by atoms with van der Waals surface area (Å²) in [7, 11) is 0. The first-order chi connectivity index (χ1) is 10.7. The number of ether oxygens (including phenoxy) is 1. The summed E-state index contributed by atoms with van der Waals surface area (Å²) in [6.45, 7) is 2.53. The van der Waals surface area contributed by atoms with E-state index in [1.165, 1.54) is 6.21 Å². The van der Waals surface area contributed by atoms with Gasteiger partial charge in [0, 0.05) is 0 Å². The lowest BCUT2D eigenvalue weighted by Gasteiger charge is -2.08. The van der Waals surface area contributed by atoms with Crippen molar-refractivity contribution in [2.24, 2.45) is 5.10 Å². The lowest BCUT2D eigenvalue weighted by molar-refractivity contribution is -0.129. The van der Waals surface area contributed by atoms with Crippen molar-refractivity contribution in [3.05, 3.63) is 65.7 Å². The Bertz CT molecular complexity index is 624. The fourth-order valence-corrected chi connectivity index (χ4v) is 1.84. The summed E-state index contributed by atoms with van der Waals surface area (Å²) in [5.41, 5.74) is 3.66. The monoisotopic (exact) mass is 298 g/mol. The third kappa shape index (κ3) is 4.43. The SMILES string of the molecule is CCOc1ccc(C=NNC(=O)C(O)c2ccccc2)cc1. The molecule has 0 aliphatic heterocycles. The summed E-state index contributed by atoms with van der Waals surface area (Å²) in [6, 6.07) is 16.0. The highest BCUT2D eigenvalue weighted by Gasteiger charge is 2.15. The standard InChI is InChI=1S/C17H18N2O3/c1-2-22-15-10-8-13(9-11-15)12-18-19-17(21)16(20)14-6-4-3-5-7-14/h3-12,16,20H,2H2,1H3,(H,19,21). The first-order valence-corrected chi connectivity index (χ1v) is 6.99. The van der Waals surface area contributed by atoms with Crippen LogP contribution in [0, 0.1) is 0 Å². The maximum absolute atomic E-state index is 11.8. The molecule has 2 aromatic rings. The molecule has 1 amide bonds. The van der Waals surface area contributed by atoms with Crippen LogP contribution < -0.4 is 10.2 Å². The lowest BCUT2D eigenvalue weighted by Crippen LogP contribution is -2.25. The van der Waals surface area contributed by atoms with Gasteiger partial charge in [0.05, 0.1) is 12.8 Å².